The van der Waals surface area contributed by atoms with Crippen molar-refractivity contribution < 1.29 is 4.48 Å². The van der Waals surface area contributed by atoms with Gasteiger partial charge >= 0.3 is 0 Å². The van der Waals surface area contributed by atoms with Crippen LogP contribution in [0.25, 0.3) is 0 Å². The van der Waals surface area contributed by atoms with Gasteiger partial charge in [0, 0.05) is 12.8 Å². The molecule has 0 amide bonds. The summed E-state index contributed by atoms with van der Waals surface area (Å²) in [5.74, 6) is 0. The molecule has 1 aromatic rings. The molecule has 0 atom stereocenters. The lowest BCUT2D eigenvalue weighted by atomic mass is 10.2. The zero-order valence-corrected chi connectivity index (χ0v) is 8.21. The van der Waals surface area contributed by atoms with Crippen molar-refractivity contribution in [3.63, 3.8) is 0 Å². The molecule has 0 aromatic heterocycles. The molecule has 1 heterocycles. The van der Waals surface area contributed by atoms with Crippen LogP contribution in [0.5, 0.6) is 0 Å². The van der Waals surface area contributed by atoms with Crippen LogP contribution >= 0.6 is 0 Å². The summed E-state index contributed by atoms with van der Waals surface area (Å²) in [5.41, 5.74) is 1.30. The lowest BCUT2D eigenvalue weighted by Crippen LogP contribution is -2.39. The van der Waals surface area contributed by atoms with Gasteiger partial charge in [0.05, 0.1) is 25.7 Å². The fourth-order valence-corrected chi connectivity index (χ4v) is 2.15. The third kappa shape index (κ3) is 2.02. The molecule has 0 aliphatic carbocycles. The average molecular weight is 174 g/mol. The van der Waals surface area contributed by atoms with Crippen LogP contribution in [0.15, 0.2) is 18.2 Å². The van der Waals surface area contributed by atoms with E-state index in [9.17, 15) is 0 Å². The molecule has 1 aliphatic rings. The summed E-state index contributed by atoms with van der Waals surface area (Å²) in [6.45, 7) is 3.77. The molecule has 0 N–H and O–H groups in total. The minimum atomic E-state index is 1.12. The minimum Gasteiger partial charge on any atom is -0.322 e. The van der Waals surface area contributed by atoms with E-state index in [1.165, 1.54) is 36.0 Å². The van der Waals surface area contributed by atoms with E-state index in [4.69, 9.17) is 0 Å². The molecule has 1 fully saturated rings. The van der Waals surface area contributed by atoms with Crippen molar-refractivity contribution in [3.05, 3.63) is 35.9 Å². The highest BCUT2D eigenvalue weighted by molar-refractivity contribution is 5.06. The molecular formula is C12H16N+. The number of nitrogens with zero attached hydrogens (tertiary/aromatic N) is 1. The Labute approximate surface area is 80.6 Å². The molecule has 0 saturated carbocycles. The Balaban J connectivity index is 2.05. The fraction of sp³-hybridized carbons (Fsp3) is 0.500. The van der Waals surface area contributed by atoms with Crippen molar-refractivity contribution in [2.24, 2.45) is 0 Å². The quantitative estimate of drug-likeness (QED) is 0.602. The van der Waals surface area contributed by atoms with E-state index in [1.54, 1.807) is 0 Å². The fourth-order valence-electron chi connectivity index (χ4n) is 2.15. The minimum absolute atomic E-state index is 1.12. The normalized spacial score (nSPS) is 19.8. The van der Waals surface area contributed by atoms with Gasteiger partial charge in [0.15, 0.2) is 0 Å². The van der Waals surface area contributed by atoms with Gasteiger partial charge in [0.1, 0.15) is 6.54 Å². The second-order valence-electron chi connectivity index (χ2n) is 4.25. The van der Waals surface area contributed by atoms with Crippen molar-refractivity contribution in [1.82, 2.24) is 0 Å². The zero-order chi connectivity index (χ0) is 9.15. The first-order valence-corrected chi connectivity index (χ1v) is 4.99. The van der Waals surface area contributed by atoms with Gasteiger partial charge in [-0.2, -0.15) is 0 Å². The second kappa shape index (κ2) is 3.40. The van der Waals surface area contributed by atoms with E-state index in [2.05, 4.69) is 25.2 Å². The van der Waals surface area contributed by atoms with E-state index in [-0.39, 0.29) is 0 Å². The van der Waals surface area contributed by atoms with Crippen LogP contribution in [-0.2, 0) is 6.54 Å². The summed E-state index contributed by atoms with van der Waals surface area (Å²) in [6, 6.07) is 12.3. The van der Waals surface area contributed by atoms with Gasteiger partial charge in [-0.05, 0) is 12.1 Å². The molecule has 1 saturated heterocycles. The van der Waals surface area contributed by atoms with Gasteiger partial charge < -0.3 is 4.48 Å². The summed E-state index contributed by atoms with van der Waals surface area (Å²) >= 11 is 0. The van der Waals surface area contributed by atoms with Crippen LogP contribution in [-0.4, -0.2) is 24.6 Å². The highest BCUT2D eigenvalue weighted by atomic mass is 15.3. The average Bonchev–Trinajstić information content (AvgIpc) is 2.54. The Bertz CT molecular complexity index is 260. The van der Waals surface area contributed by atoms with E-state index in [0.29, 0.717) is 0 Å². The molecule has 0 radical (unpaired) electrons. The molecular weight excluding hydrogens is 158 g/mol. The van der Waals surface area contributed by atoms with E-state index in [0.717, 1.165) is 6.54 Å². The lowest BCUT2D eigenvalue weighted by molar-refractivity contribution is -0.910. The van der Waals surface area contributed by atoms with Crippen molar-refractivity contribution in [3.8, 4) is 0 Å². The first kappa shape index (κ1) is 8.59. The molecule has 0 bridgehead atoms. The van der Waals surface area contributed by atoms with E-state index in [1.807, 2.05) is 12.1 Å². The maximum Gasteiger partial charge on any atom is 0.112 e. The molecule has 1 nitrogen and oxygen atoms in total. The predicted octanol–water partition coefficient (Wildman–Crippen LogP) is 2.03. The molecule has 68 valence electrons. The van der Waals surface area contributed by atoms with Gasteiger partial charge in [-0.1, -0.05) is 18.2 Å². The predicted molar refractivity (Wildman–Crippen MR) is 53.0 cm³/mol. The molecule has 1 heteroatoms. The van der Waals surface area contributed by atoms with Gasteiger partial charge in [-0.25, -0.2) is 0 Å². The zero-order valence-electron chi connectivity index (χ0n) is 8.21. The van der Waals surface area contributed by atoms with Crippen LogP contribution in [0, 0.1) is 12.1 Å². The van der Waals surface area contributed by atoms with Crippen LogP contribution in [0.2, 0.25) is 0 Å². The maximum atomic E-state index is 3.18. The molecule has 0 spiro atoms. The molecule has 1 aliphatic heterocycles. The number of likely N-dealkylation sites (tertiary alicyclic amines) is 1. The summed E-state index contributed by atoms with van der Waals surface area (Å²) in [7, 11) is 2.34. The third-order valence-corrected chi connectivity index (χ3v) is 2.91. The Morgan fingerprint density at radius 2 is 2.15 bits per heavy atom. The monoisotopic (exact) mass is 174 g/mol. The Morgan fingerprint density at radius 3 is 2.77 bits per heavy atom. The highest BCUT2D eigenvalue weighted by Crippen LogP contribution is 2.19. The number of hydrogen-bond donors (Lipinski definition) is 0. The summed E-state index contributed by atoms with van der Waals surface area (Å²) < 4.78 is 1.19. The van der Waals surface area contributed by atoms with Crippen molar-refractivity contribution in [2.45, 2.75) is 19.4 Å². The van der Waals surface area contributed by atoms with Crippen LogP contribution in [0.1, 0.15) is 18.4 Å². The number of quaternary nitrogens is 1. The SMILES string of the molecule is C[N+]1(Cc2c#cccc2)CCCC1. The summed E-state index contributed by atoms with van der Waals surface area (Å²) in [6.07, 6.45) is 2.76. The number of hydrogen-bond acceptors (Lipinski definition) is 0. The third-order valence-electron chi connectivity index (χ3n) is 2.91. The Kier molecular flexibility index (Phi) is 2.24. The van der Waals surface area contributed by atoms with E-state index < -0.39 is 0 Å². The largest absolute Gasteiger partial charge is 0.322 e. The van der Waals surface area contributed by atoms with Gasteiger partial charge in [0.25, 0.3) is 0 Å². The lowest BCUT2D eigenvalue weighted by Gasteiger charge is -2.28. The second-order valence-corrected chi connectivity index (χ2v) is 4.25. The summed E-state index contributed by atoms with van der Waals surface area (Å²) in [5, 5.41) is 0. The number of rotatable bonds is 2. The van der Waals surface area contributed by atoms with E-state index >= 15 is 0 Å². The van der Waals surface area contributed by atoms with Gasteiger partial charge in [-0.3, -0.25) is 0 Å². The molecule has 13 heavy (non-hydrogen) atoms. The maximum absolute atomic E-state index is 3.18. The Morgan fingerprint density at radius 1 is 1.38 bits per heavy atom. The first-order chi connectivity index (χ1) is 6.29. The molecule has 1 aromatic carbocycles. The molecule has 2 rings (SSSR count). The highest BCUT2D eigenvalue weighted by Gasteiger charge is 2.26. The van der Waals surface area contributed by atoms with Crippen molar-refractivity contribution >= 4 is 0 Å². The van der Waals surface area contributed by atoms with Gasteiger partial charge in [0.2, 0.25) is 0 Å². The molecule has 0 unspecified atom stereocenters. The Hall–Kier alpha value is -1.00. The first-order valence-electron chi connectivity index (χ1n) is 4.99. The smallest absolute Gasteiger partial charge is 0.112 e. The van der Waals surface area contributed by atoms with Crippen molar-refractivity contribution in [1.29, 1.82) is 0 Å². The standard InChI is InChI=1S/C12H16N/c1-13(9-5-6-10-13)11-12-7-3-2-4-8-12/h2-3,7H,5-6,9-11H2,1H3/q+1. The van der Waals surface area contributed by atoms with Crippen LogP contribution in [0.3, 0.4) is 0 Å². The van der Waals surface area contributed by atoms with Crippen LogP contribution < -0.4 is 0 Å². The van der Waals surface area contributed by atoms with Crippen molar-refractivity contribution in [2.75, 3.05) is 20.1 Å². The van der Waals surface area contributed by atoms with Crippen LogP contribution in [0.4, 0.5) is 0 Å². The van der Waals surface area contributed by atoms with Gasteiger partial charge in [-0.15, -0.1) is 0 Å². The topological polar surface area (TPSA) is 0 Å². The summed E-state index contributed by atoms with van der Waals surface area (Å²) in [4.78, 5) is 0.